The second kappa shape index (κ2) is 9.28. The van der Waals surface area contributed by atoms with Gasteiger partial charge < -0.3 is 14.8 Å². The Balaban J connectivity index is 1.80. The molecule has 1 aliphatic heterocycles. The lowest BCUT2D eigenvalue weighted by Gasteiger charge is -2.23. The van der Waals surface area contributed by atoms with Crippen molar-refractivity contribution in [1.82, 2.24) is 4.31 Å². The summed E-state index contributed by atoms with van der Waals surface area (Å²) in [5, 5.41) is 2.96. The fourth-order valence-electron chi connectivity index (χ4n) is 3.53. The fourth-order valence-corrected chi connectivity index (χ4v) is 4.67. The van der Waals surface area contributed by atoms with Crippen LogP contribution in [0.2, 0.25) is 0 Å². The van der Waals surface area contributed by atoms with Crippen molar-refractivity contribution < 1.29 is 22.7 Å². The number of likely N-dealkylation sites (N-methyl/N-ethyl adjacent to an activating group) is 1. The summed E-state index contributed by atoms with van der Waals surface area (Å²) < 4.78 is 38.0. The fraction of sp³-hybridized carbons (Fsp3) is 0.435. The van der Waals surface area contributed by atoms with Crippen molar-refractivity contribution in [2.75, 3.05) is 32.1 Å². The van der Waals surface area contributed by atoms with E-state index in [1.54, 1.807) is 6.07 Å². The Labute approximate surface area is 184 Å². The molecule has 0 atom stereocenters. The van der Waals surface area contributed by atoms with Crippen molar-refractivity contribution in [2.24, 2.45) is 0 Å². The topological polar surface area (TPSA) is 84.9 Å². The van der Waals surface area contributed by atoms with E-state index >= 15 is 0 Å². The van der Waals surface area contributed by atoms with Gasteiger partial charge in [0.15, 0.2) is 11.5 Å². The number of rotatable bonds is 7. The minimum absolute atomic E-state index is 0.0532. The smallest absolute Gasteiger partial charge is 0.243 e. The lowest BCUT2D eigenvalue weighted by molar-refractivity contribution is -0.116. The van der Waals surface area contributed by atoms with Crippen molar-refractivity contribution in [2.45, 2.75) is 44.4 Å². The number of ether oxygens (including phenoxy) is 2. The van der Waals surface area contributed by atoms with E-state index in [9.17, 15) is 13.2 Å². The lowest BCUT2D eigenvalue weighted by Crippen LogP contribution is -2.35. The van der Waals surface area contributed by atoms with Crippen LogP contribution in [-0.2, 0) is 14.8 Å². The minimum atomic E-state index is -3.88. The van der Waals surface area contributed by atoms with Gasteiger partial charge in [-0.25, -0.2) is 8.42 Å². The first-order valence-corrected chi connectivity index (χ1v) is 11.8. The Hall–Kier alpha value is -2.58. The van der Waals surface area contributed by atoms with Crippen LogP contribution in [0.15, 0.2) is 41.3 Å². The van der Waals surface area contributed by atoms with Gasteiger partial charge >= 0.3 is 0 Å². The third-order valence-corrected chi connectivity index (χ3v) is 7.02. The van der Waals surface area contributed by atoms with Crippen LogP contribution >= 0.6 is 0 Å². The number of benzene rings is 2. The number of hydrogen-bond acceptors (Lipinski definition) is 5. The molecule has 0 saturated carbocycles. The van der Waals surface area contributed by atoms with Crippen molar-refractivity contribution in [1.29, 1.82) is 0 Å². The minimum Gasteiger partial charge on any atom is -0.486 e. The molecular formula is C23H30N2O5S. The number of carbonyl (C=O) groups excluding carboxylic acids is 1. The number of para-hydroxylation sites is 1. The number of carbonyl (C=O) groups is 1. The predicted molar refractivity (Wildman–Crippen MR) is 120 cm³/mol. The molecule has 0 aliphatic carbocycles. The van der Waals surface area contributed by atoms with E-state index < -0.39 is 15.9 Å². The molecule has 31 heavy (non-hydrogen) atoms. The zero-order chi connectivity index (χ0) is 22.8. The molecule has 0 unspecified atom stereocenters. The van der Waals surface area contributed by atoms with Crippen LogP contribution < -0.4 is 14.8 Å². The molecule has 2 aromatic carbocycles. The highest BCUT2D eigenvalue weighted by molar-refractivity contribution is 7.89. The van der Waals surface area contributed by atoms with Crippen molar-refractivity contribution in [3.63, 3.8) is 0 Å². The van der Waals surface area contributed by atoms with Gasteiger partial charge in [-0.3, -0.25) is 4.79 Å². The van der Waals surface area contributed by atoms with E-state index in [4.69, 9.17) is 9.47 Å². The van der Waals surface area contributed by atoms with Crippen LogP contribution in [-0.4, -0.2) is 45.4 Å². The van der Waals surface area contributed by atoms with Crippen molar-refractivity contribution in [3.05, 3.63) is 47.5 Å². The maximum atomic E-state index is 13.0. The summed E-state index contributed by atoms with van der Waals surface area (Å²) in [6, 6.07) is 10.4. The number of nitrogens with one attached hydrogen (secondary N) is 1. The number of sulfonamides is 1. The maximum absolute atomic E-state index is 13.0. The Morgan fingerprint density at radius 2 is 1.58 bits per heavy atom. The Morgan fingerprint density at radius 1 is 1.00 bits per heavy atom. The maximum Gasteiger partial charge on any atom is 0.243 e. The Bertz CT molecular complexity index is 1040. The normalized spacial score (nSPS) is 13.7. The predicted octanol–water partition coefficient (Wildman–Crippen LogP) is 3.96. The standard InChI is InChI=1S/C23H30N2O5S/c1-15(2)18-7-6-8-19(16(3)4)23(18)24-22(26)14-25(5)31(27,28)17-9-10-20-21(13-17)30-12-11-29-20/h6-10,13,15-16H,11-12,14H2,1-5H3,(H,24,26). The molecule has 0 fully saturated rings. The molecular weight excluding hydrogens is 416 g/mol. The summed E-state index contributed by atoms with van der Waals surface area (Å²) in [6.07, 6.45) is 0. The molecule has 1 heterocycles. The molecule has 1 amide bonds. The van der Waals surface area contributed by atoms with E-state index in [2.05, 4.69) is 33.0 Å². The first-order valence-electron chi connectivity index (χ1n) is 10.4. The van der Waals surface area contributed by atoms with Gasteiger partial charge in [0.25, 0.3) is 0 Å². The first-order chi connectivity index (χ1) is 14.6. The quantitative estimate of drug-likeness (QED) is 0.696. The first kappa shape index (κ1) is 23.1. The van der Waals surface area contributed by atoms with Crippen LogP contribution in [0.1, 0.15) is 50.7 Å². The second-order valence-electron chi connectivity index (χ2n) is 8.24. The van der Waals surface area contributed by atoms with Gasteiger partial charge in [-0.15, -0.1) is 0 Å². The number of anilines is 1. The van der Waals surface area contributed by atoms with Gasteiger partial charge in [-0.1, -0.05) is 45.9 Å². The highest BCUT2D eigenvalue weighted by atomic mass is 32.2. The van der Waals surface area contributed by atoms with Crippen LogP contribution in [0.3, 0.4) is 0 Å². The zero-order valence-electron chi connectivity index (χ0n) is 18.6. The van der Waals surface area contributed by atoms with Crippen molar-refractivity contribution in [3.8, 4) is 11.5 Å². The van der Waals surface area contributed by atoms with Gasteiger partial charge in [0.2, 0.25) is 15.9 Å². The summed E-state index contributed by atoms with van der Waals surface area (Å²) in [6.45, 7) is 8.74. The highest BCUT2D eigenvalue weighted by Gasteiger charge is 2.26. The lowest BCUT2D eigenvalue weighted by atomic mass is 9.92. The summed E-state index contributed by atoms with van der Waals surface area (Å²) in [4.78, 5) is 12.9. The molecule has 2 aromatic rings. The Morgan fingerprint density at radius 3 is 2.16 bits per heavy atom. The summed E-state index contributed by atoms with van der Waals surface area (Å²) in [7, 11) is -2.48. The molecule has 0 radical (unpaired) electrons. The number of nitrogens with zero attached hydrogens (tertiary/aromatic N) is 1. The molecule has 0 bridgehead atoms. The van der Waals surface area contributed by atoms with Gasteiger partial charge in [-0.2, -0.15) is 4.31 Å². The van der Waals surface area contributed by atoms with E-state index in [1.807, 2.05) is 18.2 Å². The summed E-state index contributed by atoms with van der Waals surface area (Å²) in [5.41, 5.74) is 2.82. The highest BCUT2D eigenvalue weighted by Crippen LogP contribution is 2.34. The van der Waals surface area contributed by atoms with Gasteiger partial charge in [0.05, 0.1) is 11.4 Å². The largest absolute Gasteiger partial charge is 0.486 e. The summed E-state index contributed by atoms with van der Waals surface area (Å²) in [5.74, 6) is 0.940. The van der Waals surface area contributed by atoms with E-state index in [0.29, 0.717) is 24.7 Å². The average molecular weight is 447 g/mol. The van der Waals surface area contributed by atoms with Crippen LogP contribution in [0, 0.1) is 0 Å². The molecule has 168 valence electrons. The van der Waals surface area contributed by atoms with Gasteiger partial charge in [-0.05, 0) is 35.1 Å². The number of fused-ring (bicyclic) bond motifs is 1. The molecule has 1 N–H and O–H groups in total. The third kappa shape index (κ3) is 5.02. The zero-order valence-corrected chi connectivity index (χ0v) is 19.5. The molecule has 3 rings (SSSR count). The molecule has 0 saturated heterocycles. The second-order valence-corrected chi connectivity index (χ2v) is 10.3. The van der Waals surface area contributed by atoms with E-state index in [0.717, 1.165) is 21.1 Å². The third-order valence-electron chi connectivity index (χ3n) is 5.23. The van der Waals surface area contributed by atoms with Crippen LogP contribution in [0.4, 0.5) is 5.69 Å². The van der Waals surface area contributed by atoms with Crippen LogP contribution in [0.5, 0.6) is 11.5 Å². The van der Waals surface area contributed by atoms with Gasteiger partial charge in [0, 0.05) is 18.8 Å². The molecule has 7 nitrogen and oxygen atoms in total. The summed E-state index contributed by atoms with van der Waals surface area (Å²) >= 11 is 0. The Kier molecular flexibility index (Phi) is 6.91. The van der Waals surface area contributed by atoms with Crippen molar-refractivity contribution >= 4 is 21.6 Å². The number of hydrogen-bond donors (Lipinski definition) is 1. The van der Waals surface area contributed by atoms with E-state index in [-0.39, 0.29) is 23.3 Å². The van der Waals surface area contributed by atoms with Gasteiger partial charge in [0.1, 0.15) is 13.2 Å². The monoisotopic (exact) mass is 446 g/mol. The molecule has 1 aliphatic rings. The van der Waals surface area contributed by atoms with E-state index in [1.165, 1.54) is 19.2 Å². The number of amides is 1. The average Bonchev–Trinajstić information content (AvgIpc) is 2.72. The molecule has 0 aromatic heterocycles. The SMILES string of the molecule is CC(C)c1cccc(C(C)C)c1NC(=O)CN(C)S(=O)(=O)c1ccc2c(c1)OCCO2. The molecule has 8 heteroatoms. The molecule has 0 spiro atoms. The van der Waals surface area contributed by atoms with Crippen LogP contribution in [0.25, 0.3) is 0 Å².